The maximum Gasteiger partial charge on any atom is 0.342 e. The third-order valence-electron chi connectivity index (χ3n) is 2.92. The predicted octanol–water partition coefficient (Wildman–Crippen LogP) is 2.43. The van der Waals surface area contributed by atoms with Crippen LogP contribution in [0.15, 0.2) is 35.1 Å². The van der Waals surface area contributed by atoms with Gasteiger partial charge < -0.3 is 0 Å². The van der Waals surface area contributed by atoms with Gasteiger partial charge in [-0.15, -0.1) is 0 Å². The average Bonchev–Trinajstić information content (AvgIpc) is 2.67. The molecule has 5 heteroatoms. The monoisotopic (exact) mass is 249 g/mol. The van der Waals surface area contributed by atoms with Crippen molar-refractivity contribution in [3.63, 3.8) is 0 Å². The van der Waals surface area contributed by atoms with Gasteiger partial charge in [0.15, 0.2) is 4.77 Å². The molecule has 0 aliphatic rings. The number of benzene rings is 1. The molecule has 0 saturated carbocycles. The molecule has 2 aromatic rings. The second-order valence-electron chi connectivity index (χ2n) is 4.11. The summed E-state index contributed by atoms with van der Waals surface area (Å²) in [6.45, 7) is 2.79. The summed E-state index contributed by atoms with van der Waals surface area (Å²) in [5.74, 6) is 0.410. The molecule has 0 amide bonds. The molecule has 4 nitrogen and oxygen atoms in total. The number of aromatic nitrogens is 3. The quantitative estimate of drug-likeness (QED) is 0.818. The third kappa shape index (κ3) is 2.74. The van der Waals surface area contributed by atoms with E-state index in [9.17, 15) is 4.79 Å². The summed E-state index contributed by atoms with van der Waals surface area (Å²) in [5, 5.41) is 5.12. The van der Waals surface area contributed by atoms with E-state index in [0.717, 1.165) is 6.42 Å². The Kier molecular flexibility index (Phi) is 3.58. The summed E-state index contributed by atoms with van der Waals surface area (Å²) < 4.78 is 2.00. The van der Waals surface area contributed by atoms with Gasteiger partial charge in [-0.25, -0.2) is 9.89 Å². The van der Waals surface area contributed by atoms with Crippen molar-refractivity contribution in [3.05, 3.63) is 51.2 Å². The Balaban J connectivity index is 2.04. The molecule has 2 rings (SSSR count). The van der Waals surface area contributed by atoms with Crippen LogP contribution in [0.25, 0.3) is 0 Å². The summed E-state index contributed by atoms with van der Waals surface area (Å²) in [5.41, 5.74) is 1.11. The molecule has 0 aliphatic heterocycles. The second-order valence-corrected chi connectivity index (χ2v) is 4.50. The van der Waals surface area contributed by atoms with Crippen LogP contribution in [0.5, 0.6) is 0 Å². The number of hydrogen-bond donors (Lipinski definition) is 2. The molecule has 1 unspecified atom stereocenters. The lowest BCUT2D eigenvalue weighted by Crippen LogP contribution is -2.18. The Morgan fingerprint density at radius 2 is 2.00 bits per heavy atom. The molecule has 0 spiro atoms. The van der Waals surface area contributed by atoms with E-state index in [4.69, 9.17) is 12.2 Å². The van der Waals surface area contributed by atoms with E-state index in [0.29, 0.717) is 17.2 Å². The first-order chi connectivity index (χ1) is 8.18. The molecule has 0 bridgehead atoms. The Bertz CT molecular complexity index is 554. The van der Waals surface area contributed by atoms with Crippen molar-refractivity contribution >= 4 is 12.2 Å². The highest BCUT2D eigenvalue weighted by atomic mass is 32.1. The molecule has 0 fully saturated rings. The van der Waals surface area contributed by atoms with Crippen molar-refractivity contribution in [2.45, 2.75) is 25.8 Å². The summed E-state index contributed by atoms with van der Waals surface area (Å²) in [6, 6.07) is 10.3. The normalized spacial score (nSPS) is 12.5. The van der Waals surface area contributed by atoms with Gasteiger partial charge in [0.1, 0.15) is 0 Å². The minimum Gasteiger partial charge on any atom is -0.272 e. The maximum atomic E-state index is 11.4. The molecule has 1 aromatic carbocycles. The topological polar surface area (TPSA) is 53.6 Å². The van der Waals surface area contributed by atoms with Crippen molar-refractivity contribution in [1.82, 2.24) is 14.8 Å². The largest absolute Gasteiger partial charge is 0.342 e. The van der Waals surface area contributed by atoms with Gasteiger partial charge in [-0.05, 0) is 30.1 Å². The molecule has 0 radical (unpaired) electrons. The van der Waals surface area contributed by atoms with Crippen molar-refractivity contribution in [2.75, 3.05) is 0 Å². The summed E-state index contributed by atoms with van der Waals surface area (Å²) in [7, 11) is 0. The second kappa shape index (κ2) is 5.14. The Hall–Kier alpha value is -1.62. The van der Waals surface area contributed by atoms with Gasteiger partial charge in [0, 0.05) is 6.54 Å². The molecule has 1 aromatic heterocycles. The molecule has 1 heterocycles. The van der Waals surface area contributed by atoms with E-state index in [-0.39, 0.29) is 5.69 Å². The minimum atomic E-state index is -0.171. The molecule has 0 saturated heterocycles. The van der Waals surface area contributed by atoms with Gasteiger partial charge in [0.25, 0.3) is 0 Å². The summed E-state index contributed by atoms with van der Waals surface area (Å²) >= 11 is 5.02. The van der Waals surface area contributed by atoms with Crippen LogP contribution in [0, 0.1) is 4.77 Å². The fourth-order valence-corrected chi connectivity index (χ4v) is 2.03. The first-order valence-electron chi connectivity index (χ1n) is 5.61. The van der Waals surface area contributed by atoms with Crippen LogP contribution in [0.2, 0.25) is 0 Å². The van der Waals surface area contributed by atoms with Crippen LogP contribution in [-0.2, 0) is 6.54 Å². The first-order valence-corrected chi connectivity index (χ1v) is 6.01. The third-order valence-corrected chi connectivity index (χ3v) is 3.24. The number of hydrogen-bond acceptors (Lipinski definition) is 2. The summed E-state index contributed by atoms with van der Waals surface area (Å²) in [4.78, 5) is 11.4. The fourth-order valence-electron chi connectivity index (χ4n) is 1.81. The highest BCUT2D eigenvalue weighted by Gasteiger charge is 2.07. The van der Waals surface area contributed by atoms with Crippen LogP contribution in [-0.4, -0.2) is 14.8 Å². The van der Waals surface area contributed by atoms with Gasteiger partial charge in [-0.1, -0.05) is 37.3 Å². The van der Waals surface area contributed by atoms with Crippen LogP contribution >= 0.6 is 12.2 Å². The lowest BCUT2D eigenvalue weighted by atomic mass is 9.98. The van der Waals surface area contributed by atoms with Crippen LogP contribution in [0.1, 0.15) is 24.8 Å². The number of H-pyrrole nitrogens is 2. The summed E-state index contributed by atoms with van der Waals surface area (Å²) in [6.07, 6.45) is 0.888. The van der Waals surface area contributed by atoms with Crippen LogP contribution in [0.4, 0.5) is 0 Å². The standard InChI is InChI=1S/C12H15N3OS/c1-9(10-5-3-2-4-6-10)7-8-15-11(16)13-14-12(15)17/h2-6,9H,7-8H2,1H3,(H,13,16)(H,14,17). The van der Waals surface area contributed by atoms with Crippen molar-refractivity contribution < 1.29 is 0 Å². The lowest BCUT2D eigenvalue weighted by molar-refractivity contribution is 0.560. The number of rotatable bonds is 4. The Morgan fingerprint density at radius 3 is 2.59 bits per heavy atom. The van der Waals surface area contributed by atoms with E-state index in [2.05, 4.69) is 29.3 Å². The number of nitrogens with zero attached hydrogens (tertiary/aromatic N) is 1. The smallest absolute Gasteiger partial charge is 0.272 e. The van der Waals surface area contributed by atoms with E-state index >= 15 is 0 Å². The van der Waals surface area contributed by atoms with Crippen molar-refractivity contribution in [2.24, 2.45) is 0 Å². The van der Waals surface area contributed by atoms with E-state index in [1.54, 1.807) is 4.57 Å². The predicted molar refractivity (Wildman–Crippen MR) is 69.7 cm³/mol. The van der Waals surface area contributed by atoms with Gasteiger partial charge in [-0.2, -0.15) is 0 Å². The average molecular weight is 249 g/mol. The van der Waals surface area contributed by atoms with Gasteiger partial charge >= 0.3 is 5.69 Å². The van der Waals surface area contributed by atoms with E-state index < -0.39 is 0 Å². The Labute approximate surface area is 104 Å². The molecular formula is C12H15N3OS. The van der Waals surface area contributed by atoms with Crippen LogP contribution < -0.4 is 5.69 Å². The highest BCUT2D eigenvalue weighted by molar-refractivity contribution is 7.71. The van der Waals surface area contributed by atoms with Gasteiger partial charge in [-0.3, -0.25) is 9.67 Å². The zero-order valence-corrected chi connectivity index (χ0v) is 10.5. The van der Waals surface area contributed by atoms with Gasteiger partial charge in [0.05, 0.1) is 0 Å². The minimum absolute atomic E-state index is 0.171. The fraction of sp³-hybridized carbons (Fsp3) is 0.333. The molecule has 0 aliphatic carbocycles. The molecule has 1 atom stereocenters. The number of aromatic amines is 2. The Morgan fingerprint density at radius 1 is 1.29 bits per heavy atom. The van der Waals surface area contributed by atoms with Crippen molar-refractivity contribution in [3.8, 4) is 0 Å². The number of nitrogens with one attached hydrogen (secondary N) is 2. The lowest BCUT2D eigenvalue weighted by Gasteiger charge is -2.11. The van der Waals surface area contributed by atoms with Crippen molar-refractivity contribution in [1.29, 1.82) is 0 Å². The van der Waals surface area contributed by atoms with Gasteiger partial charge in [0.2, 0.25) is 0 Å². The maximum absolute atomic E-state index is 11.4. The van der Waals surface area contributed by atoms with E-state index in [1.165, 1.54) is 5.56 Å². The van der Waals surface area contributed by atoms with E-state index in [1.807, 2.05) is 18.2 Å². The molecule has 17 heavy (non-hydrogen) atoms. The zero-order valence-electron chi connectivity index (χ0n) is 9.64. The molecular weight excluding hydrogens is 234 g/mol. The SMILES string of the molecule is CC(CCn1c(=O)[nH][nH]c1=S)c1ccccc1. The zero-order chi connectivity index (χ0) is 12.3. The molecule has 90 valence electrons. The highest BCUT2D eigenvalue weighted by Crippen LogP contribution is 2.18. The first kappa shape index (κ1) is 11.9. The van der Waals surface area contributed by atoms with Crippen LogP contribution in [0.3, 0.4) is 0 Å². The molecule has 2 N–H and O–H groups in total.